The van der Waals surface area contributed by atoms with Crippen molar-refractivity contribution in [2.45, 2.75) is 46.6 Å². The fourth-order valence-corrected chi connectivity index (χ4v) is 3.00. The van der Waals surface area contributed by atoms with Gasteiger partial charge >= 0.3 is 0 Å². The summed E-state index contributed by atoms with van der Waals surface area (Å²) in [6.45, 7) is 12.7. The molecule has 1 saturated carbocycles. The third kappa shape index (κ3) is 2.82. The first kappa shape index (κ1) is 12.9. The van der Waals surface area contributed by atoms with Crippen LogP contribution >= 0.6 is 0 Å². The lowest BCUT2D eigenvalue weighted by molar-refractivity contribution is -0.131. The lowest BCUT2D eigenvalue weighted by Gasteiger charge is -2.50. The van der Waals surface area contributed by atoms with E-state index in [1.165, 1.54) is 12.8 Å². The first-order valence-corrected chi connectivity index (χ1v) is 6.87. The van der Waals surface area contributed by atoms with E-state index in [2.05, 4.69) is 25.7 Å². The number of carbonyl (C=O) groups excluding carboxylic acids is 1. The van der Waals surface area contributed by atoms with Crippen LogP contribution in [0.4, 0.5) is 0 Å². The van der Waals surface area contributed by atoms with Crippen LogP contribution in [-0.2, 0) is 4.79 Å². The van der Waals surface area contributed by atoms with Gasteiger partial charge in [-0.2, -0.15) is 0 Å². The molecule has 2 rings (SSSR count). The topological polar surface area (TPSA) is 23.6 Å². The molecule has 0 aromatic carbocycles. The van der Waals surface area contributed by atoms with Crippen molar-refractivity contribution in [1.82, 2.24) is 9.80 Å². The summed E-state index contributed by atoms with van der Waals surface area (Å²) in [6, 6.07) is 0.785. The molecule has 17 heavy (non-hydrogen) atoms. The summed E-state index contributed by atoms with van der Waals surface area (Å²) in [5.41, 5.74) is 0.470. The molecular weight excluding hydrogens is 212 g/mol. The van der Waals surface area contributed by atoms with Crippen LogP contribution in [-0.4, -0.2) is 47.9 Å². The maximum Gasteiger partial charge on any atom is 0.219 e. The molecule has 0 atom stereocenters. The van der Waals surface area contributed by atoms with Gasteiger partial charge in [-0.05, 0) is 24.2 Å². The summed E-state index contributed by atoms with van der Waals surface area (Å²) in [4.78, 5) is 15.8. The van der Waals surface area contributed by atoms with Crippen molar-refractivity contribution in [1.29, 1.82) is 0 Å². The van der Waals surface area contributed by atoms with Gasteiger partial charge in [-0.1, -0.05) is 20.8 Å². The number of hydrogen-bond donors (Lipinski definition) is 0. The van der Waals surface area contributed by atoms with Crippen molar-refractivity contribution in [3.63, 3.8) is 0 Å². The molecule has 0 aromatic rings. The van der Waals surface area contributed by atoms with Crippen LogP contribution in [0, 0.1) is 11.3 Å². The van der Waals surface area contributed by atoms with Crippen LogP contribution in [0.3, 0.4) is 0 Å². The molecule has 3 nitrogen and oxygen atoms in total. The fraction of sp³-hybridized carbons (Fsp3) is 0.929. The third-order valence-electron chi connectivity index (χ3n) is 4.61. The second-order valence-electron chi connectivity index (χ2n) is 6.73. The molecule has 1 amide bonds. The molecule has 0 radical (unpaired) electrons. The number of hydrogen-bond acceptors (Lipinski definition) is 2. The number of rotatable bonds is 1. The van der Waals surface area contributed by atoms with E-state index in [0.29, 0.717) is 5.41 Å². The predicted octanol–water partition coefficient (Wildman–Crippen LogP) is 1.98. The summed E-state index contributed by atoms with van der Waals surface area (Å²) in [6.07, 6.45) is 2.70. The van der Waals surface area contributed by atoms with Crippen LogP contribution in [0.25, 0.3) is 0 Å². The van der Waals surface area contributed by atoms with Crippen LogP contribution in [0.15, 0.2) is 0 Å². The first-order valence-electron chi connectivity index (χ1n) is 6.87. The Labute approximate surface area is 105 Å². The summed E-state index contributed by atoms with van der Waals surface area (Å²) < 4.78 is 0. The Kier molecular flexibility index (Phi) is 3.48. The van der Waals surface area contributed by atoms with E-state index in [-0.39, 0.29) is 5.91 Å². The van der Waals surface area contributed by atoms with Crippen LogP contribution in [0.5, 0.6) is 0 Å². The van der Waals surface area contributed by atoms with Gasteiger partial charge in [0.05, 0.1) is 0 Å². The molecular formula is C14H26N2O. The van der Waals surface area contributed by atoms with E-state index >= 15 is 0 Å². The molecule has 1 aliphatic carbocycles. The van der Waals surface area contributed by atoms with Crippen molar-refractivity contribution in [2.24, 2.45) is 11.3 Å². The maximum absolute atomic E-state index is 11.2. The summed E-state index contributed by atoms with van der Waals surface area (Å²) in [5, 5.41) is 0. The van der Waals surface area contributed by atoms with Crippen molar-refractivity contribution < 1.29 is 4.79 Å². The molecule has 1 heterocycles. The molecule has 1 saturated heterocycles. The van der Waals surface area contributed by atoms with E-state index < -0.39 is 0 Å². The zero-order chi connectivity index (χ0) is 12.6. The molecule has 3 heteroatoms. The Morgan fingerprint density at radius 3 is 2.00 bits per heavy atom. The number of piperazine rings is 1. The van der Waals surface area contributed by atoms with Crippen LogP contribution in [0.2, 0.25) is 0 Å². The summed E-state index contributed by atoms with van der Waals surface area (Å²) >= 11 is 0. The van der Waals surface area contributed by atoms with Crippen LogP contribution < -0.4 is 0 Å². The van der Waals surface area contributed by atoms with Gasteiger partial charge in [0, 0.05) is 39.1 Å². The van der Waals surface area contributed by atoms with Gasteiger partial charge in [0.15, 0.2) is 0 Å². The molecule has 2 aliphatic rings. The standard InChI is InChI=1S/C14H26N2O/c1-11(17)15-5-7-16(8-6-15)13-9-12(10-13)14(2,3)4/h12-13H,5-10H2,1-4H3. The molecule has 0 spiro atoms. The molecule has 0 unspecified atom stereocenters. The molecule has 2 fully saturated rings. The molecule has 0 bridgehead atoms. The molecule has 1 aliphatic heterocycles. The lowest BCUT2D eigenvalue weighted by Crippen LogP contribution is -2.56. The highest BCUT2D eigenvalue weighted by Gasteiger charge is 2.40. The van der Waals surface area contributed by atoms with E-state index in [0.717, 1.165) is 38.1 Å². The highest BCUT2D eigenvalue weighted by atomic mass is 16.2. The maximum atomic E-state index is 11.2. The zero-order valence-electron chi connectivity index (χ0n) is 11.7. The highest BCUT2D eigenvalue weighted by molar-refractivity contribution is 5.73. The average Bonchev–Trinajstić information content (AvgIpc) is 2.13. The van der Waals surface area contributed by atoms with Gasteiger partial charge in [-0.15, -0.1) is 0 Å². The Morgan fingerprint density at radius 1 is 1.06 bits per heavy atom. The van der Waals surface area contributed by atoms with Gasteiger partial charge < -0.3 is 4.90 Å². The normalized spacial score (nSPS) is 31.2. The molecule has 0 N–H and O–H groups in total. The second kappa shape index (κ2) is 4.60. The summed E-state index contributed by atoms with van der Waals surface area (Å²) in [5.74, 6) is 1.11. The minimum Gasteiger partial charge on any atom is -0.340 e. The number of carbonyl (C=O) groups is 1. The lowest BCUT2D eigenvalue weighted by atomic mass is 9.65. The van der Waals surface area contributed by atoms with Gasteiger partial charge in [-0.25, -0.2) is 0 Å². The summed E-state index contributed by atoms with van der Waals surface area (Å²) in [7, 11) is 0. The molecule has 0 aromatic heterocycles. The Morgan fingerprint density at radius 2 is 1.59 bits per heavy atom. The Hall–Kier alpha value is -0.570. The second-order valence-corrected chi connectivity index (χ2v) is 6.73. The van der Waals surface area contributed by atoms with Gasteiger partial charge in [0.1, 0.15) is 0 Å². The zero-order valence-corrected chi connectivity index (χ0v) is 11.7. The average molecular weight is 238 g/mol. The van der Waals surface area contributed by atoms with Crippen molar-refractivity contribution >= 4 is 5.91 Å². The first-order chi connectivity index (χ1) is 7.88. The predicted molar refractivity (Wildman–Crippen MR) is 69.8 cm³/mol. The highest BCUT2D eigenvalue weighted by Crippen LogP contribution is 2.43. The molecule has 98 valence electrons. The largest absolute Gasteiger partial charge is 0.340 e. The van der Waals surface area contributed by atoms with Crippen molar-refractivity contribution in [3.8, 4) is 0 Å². The number of nitrogens with zero attached hydrogens (tertiary/aromatic N) is 2. The van der Waals surface area contributed by atoms with E-state index in [1.54, 1.807) is 6.92 Å². The van der Waals surface area contributed by atoms with Crippen molar-refractivity contribution in [2.75, 3.05) is 26.2 Å². The quantitative estimate of drug-likeness (QED) is 0.697. The van der Waals surface area contributed by atoms with Gasteiger partial charge in [0.25, 0.3) is 0 Å². The number of amides is 1. The van der Waals surface area contributed by atoms with Gasteiger partial charge in [-0.3, -0.25) is 9.69 Å². The Balaban J connectivity index is 1.75. The minimum absolute atomic E-state index is 0.228. The van der Waals surface area contributed by atoms with E-state index in [4.69, 9.17) is 0 Å². The van der Waals surface area contributed by atoms with Gasteiger partial charge in [0.2, 0.25) is 5.91 Å². The van der Waals surface area contributed by atoms with Crippen LogP contribution in [0.1, 0.15) is 40.5 Å². The smallest absolute Gasteiger partial charge is 0.219 e. The monoisotopic (exact) mass is 238 g/mol. The van der Waals surface area contributed by atoms with Crippen molar-refractivity contribution in [3.05, 3.63) is 0 Å². The third-order valence-corrected chi connectivity index (χ3v) is 4.61. The SMILES string of the molecule is CC(=O)N1CCN(C2CC(C(C)(C)C)C2)CC1. The van der Waals surface area contributed by atoms with E-state index in [9.17, 15) is 4.79 Å². The Bertz CT molecular complexity index is 281. The minimum atomic E-state index is 0.228. The fourth-order valence-electron chi connectivity index (χ4n) is 3.00. The van der Waals surface area contributed by atoms with E-state index in [1.807, 2.05) is 4.90 Å².